The maximum absolute atomic E-state index is 5.81. The Morgan fingerprint density at radius 3 is 2.22 bits per heavy atom. The molecule has 0 saturated heterocycles. The van der Waals surface area contributed by atoms with Crippen LogP contribution in [0.4, 0.5) is 0 Å². The number of benzene rings is 2. The van der Waals surface area contributed by atoms with E-state index in [1.807, 2.05) is 30.3 Å². The van der Waals surface area contributed by atoms with Gasteiger partial charge >= 0.3 is 0 Å². The third-order valence-corrected chi connectivity index (χ3v) is 4.61. The van der Waals surface area contributed by atoms with E-state index in [2.05, 4.69) is 67.5 Å². The van der Waals surface area contributed by atoms with E-state index in [0.29, 0.717) is 30.2 Å². The molecule has 0 spiro atoms. The summed E-state index contributed by atoms with van der Waals surface area (Å²) in [4.78, 5) is 0. The topological polar surface area (TPSA) is 51.0 Å². The molecule has 0 radical (unpaired) electrons. The van der Waals surface area contributed by atoms with Gasteiger partial charge in [0.2, 0.25) is 11.8 Å². The minimum atomic E-state index is 0.241. The van der Waals surface area contributed by atoms with Crippen molar-refractivity contribution in [1.29, 1.82) is 0 Å². The van der Waals surface area contributed by atoms with Gasteiger partial charge in [-0.1, -0.05) is 70.2 Å². The van der Waals surface area contributed by atoms with E-state index in [4.69, 9.17) is 4.42 Å². The summed E-state index contributed by atoms with van der Waals surface area (Å²) in [6.07, 6.45) is 1.12. The normalized spacial score (nSPS) is 12.7. The molecule has 1 aromatic heterocycles. The standard InChI is InChI=1S/C23H29N3O/c1-16(2)14-18-10-12-19(13-11-18)22(17(3)4)24-15-21-25-26-23(27-21)20-8-6-5-7-9-20/h5-13,16-17,22,24H,14-15H2,1-4H3. The maximum Gasteiger partial charge on any atom is 0.247 e. The van der Waals surface area contributed by atoms with E-state index in [0.717, 1.165) is 12.0 Å². The molecule has 0 aliphatic rings. The van der Waals surface area contributed by atoms with Crippen molar-refractivity contribution in [2.24, 2.45) is 11.8 Å². The van der Waals surface area contributed by atoms with Gasteiger partial charge in [0.1, 0.15) is 0 Å². The van der Waals surface area contributed by atoms with Crippen LogP contribution in [-0.2, 0) is 13.0 Å². The van der Waals surface area contributed by atoms with Gasteiger partial charge in [-0.2, -0.15) is 0 Å². The molecular weight excluding hydrogens is 334 g/mol. The largest absolute Gasteiger partial charge is 0.419 e. The van der Waals surface area contributed by atoms with Crippen LogP contribution in [0.2, 0.25) is 0 Å². The molecule has 0 bridgehead atoms. The van der Waals surface area contributed by atoms with Crippen molar-refractivity contribution in [3.63, 3.8) is 0 Å². The lowest BCUT2D eigenvalue weighted by molar-refractivity contribution is 0.380. The quantitative estimate of drug-likeness (QED) is 0.580. The summed E-state index contributed by atoms with van der Waals surface area (Å²) in [5.41, 5.74) is 3.62. The number of hydrogen-bond acceptors (Lipinski definition) is 4. The minimum absolute atomic E-state index is 0.241. The fourth-order valence-corrected chi connectivity index (χ4v) is 3.29. The summed E-state index contributed by atoms with van der Waals surface area (Å²) in [6, 6.07) is 19.0. The molecule has 0 aliphatic heterocycles. The number of nitrogens with zero attached hydrogens (tertiary/aromatic N) is 2. The summed E-state index contributed by atoms with van der Waals surface area (Å²) in [6.45, 7) is 9.50. The highest BCUT2D eigenvalue weighted by Crippen LogP contribution is 2.24. The Labute approximate surface area is 162 Å². The Hall–Kier alpha value is -2.46. The van der Waals surface area contributed by atoms with Crippen LogP contribution in [0.5, 0.6) is 0 Å². The summed E-state index contributed by atoms with van der Waals surface area (Å²) in [5.74, 6) is 2.30. The van der Waals surface area contributed by atoms with E-state index >= 15 is 0 Å². The second kappa shape index (κ2) is 8.96. The van der Waals surface area contributed by atoms with Crippen LogP contribution in [0.25, 0.3) is 11.5 Å². The van der Waals surface area contributed by atoms with E-state index < -0.39 is 0 Å². The summed E-state index contributed by atoms with van der Waals surface area (Å²) >= 11 is 0. The summed E-state index contributed by atoms with van der Waals surface area (Å²) < 4.78 is 5.81. The van der Waals surface area contributed by atoms with Gasteiger partial charge in [-0.3, -0.25) is 0 Å². The number of rotatable bonds is 8. The molecule has 1 atom stereocenters. The van der Waals surface area contributed by atoms with Crippen molar-refractivity contribution in [2.75, 3.05) is 0 Å². The van der Waals surface area contributed by atoms with Crippen LogP contribution in [0.1, 0.15) is 50.8 Å². The predicted octanol–water partition coefficient (Wildman–Crippen LogP) is 5.42. The highest BCUT2D eigenvalue weighted by Gasteiger charge is 2.17. The van der Waals surface area contributed by atoms with Gasteiger partial charge in [0.05, 0.1) is 6.54 Å². The molecule has 4 heteroatoms. The average Bonchev–Trinajstić information content (AvgIpc) is 3.12. The first kappa shape index (κ1) is 19.3. The van der Waals surface area contributed by atoms with E-state index in [1.165, 1.54) is 11.1 Å². The van der Waals surface area contributed by atoms with Crippen molar-refractivity contribution in [2.45, 2.75) is 46.7 Å². The second-order valence-corrected chi connectivity index (χ2v) is 7.81. The van der Waals surface area contributed by atoms with Gasteiger partial charge in [0, 0.05) is 11.6 Å². The molecule has 3 aromatic rings. The van der Waals surface area contributed by atoms with Crippen molar-refractivity contribution in [3.05, 3.63) is 71.6 Å². The Bertz CT molecular complexity index is 822. The SMILES string of the molecule is CC(C)Cc1ccc(C(NCc2nnc(-c3ccccc3)o2)C(C)C)cc1. The van der Waals surface area contributed by atoms with E-state index in [-0.39, 0.29) is 6.04 Å². The molecule has 1 heterocycles. The first-order valence-corrected chi connectivity index (χ1v) is 9.73. The number of aromatic nitrogens is 2. The second-order valence-electron chi connectivity index (χ2n) is 7.81. The lowest BCUT2D eigenvalue weighted by Crippen LogP contribution is -2.25. The molecule has 1 N–H and O–H groups in total. The molecular formula is C23H29N3O. The first-order valence-electron chi connectivity index (χ1n) is 9.73. The zero-order valence-electron chi connectivity index (χ0n) is 16.6. The highest BCUT2D eigenvalue weighted by atomic mass is 16.4. The minimum Gasteiger partial charge on any atom is -0.419 e. The highest BCUT2D eigenvalue weighted by molar-refractivity contribution is 5.51. The monoisotopic (exact) mass is 363 g/mol. The van der Waals surface area contributed by atoms with Gasteiger partial charge < -0.3 is 9.73 Å². The van der Waals surface area contributed by atoms with Gasteiger partial charge in [-0.25, -0.2) is 0 Å². The maximum atomic E-state index is 5.81. The smallest absolute Gasteiger partial charge is 0.247 e. The van der Waals surface area contributed by atoms with Crippen LogP contribution in [0.3, 0.4) is 0 Å². The molecule has 0 saturated carbocycles. The van der Waals surface area contributed by atoms with Crippen LogP contribution in [0, 0.1) is 11.8 Å². The third-order valence-electron chi connectivity index (χ3n) is 4.61. The van der Waals surface area contributed by atoms with Crippen molar-refractivity contribution >= 4 is 0 Å². The number of hydrogen-bond donors (Lipinski definition) is 1. The summed E-state index contributed by atoms with van der Waals surface area (Å²) in [5, 5.41) is 11.9. The van der Waals surface area contributed by atoms with Crippen molar-refractivity contribution in [3.8, 4) is 11.5 Å². The fraction of sp³-hybridized carbons (Fsp3) is 0.391. The Balaban J connectivity index is 1.66. The number of nitrogens with one attached hydrogen (secondary N) is 1. The Morgan fingerprint density at radius 1 is 0.889 bits per heavy atom. The van der Waals surface area contributed by atoms with Gasteiger partial charge in [-0.05, 0) is 41.5 Å². The predicted molar refractivity (Wildman–Crippen MR) is 109 cm³/mol. The molecule has 1 unspecified atom stereocenters. The molecule has 3 rings (SSSR count). The molecule has 2 aromatic carbocycles. The van der Waals surface area contributed by atoms with Crippen molar-refractivity contribution in [1.82, 2.24) is 15.5 Å². The molecule has 0 amide bonds. The zero-order valence-corrected chi connectivity index (χ0v) is 16.6. The lowest BCUT2D eigenvalue weighted by Gasteiger charge is -2.22. The van der Waals surface area contributed by atoms with E-state index in [1.54, 1.807) is 0 Å². The molecule has 27 heavy (non-hydrogen) atoms. The van der Waals surface area contributed by atoms with Crippen LogP contribution >= 0.6 is 0 Å². The summed E-state index contributed by atoms with van der Waals surface area (Å²) in [7, 11) is 0. The van der Waals surface area contributed by atoms with Gasteiger partial charge in [-0.15, -0.1) is 10.2 Å². The Morgan fingerprint density at radius 2 is 1.59 bits per heavy atom. The first-order chi connectivity index (χ1) is 13.0. The average molecular weight is 364 g/mol. The van der Waals surface area contributed by atoms with Crippen LogP contribution < -0.4 is 5.32 Å². The molecule has 0 fully saturated rings. The molecule has 4 nitrogen and oxygen atoms in total. The van der Waals surface area contributed by atoms with E-state index in [9.17, 15) is 0 Å². The van der Waals surface area contributed by atoms with Gasteiger partial charge in [0.25, 0.3) is 0 Å². The van der Waals surface area contributed by atoms with Gasteiger partial charge in [0.15, 0.2) is 0 Å². The third kappa shape index (κ3) is 5.27. The van der Waals surface area contributed by atoms with Crippen molar-refractivity contribution < 1.29 is 4.42 Å². The Kier molecular flexibility index (Phi) is 6.40. The lowest BCUT2D eigenvalue weighted by atomic mass is 9.94. The molecule has 142 valence electrons. The van der Waals surface area contributed by atoms with Crippen LogP contribution in [0.15, 0.2) is 59.0 Å². The fourth-order valence-electron chi connectivity index (χ4n) is 3.29. The molecule has 0 aliphatic carbocycles. The van der Waals surface area contributed by atoms with Crippen LogP contribution in [-0.4, -0.2) is 10.2 Å². The zero-order chi connectivity index (χ0) is 19.2.